The molecule has 1 N–H and O–H groups in total. The first-order chi connectivity index (χ1) is 9.58. The van der Waals surface area contributed by atoms with E-state index >= 15 is 0 Å². The quantitative estimate of drug-likeness (QED) is 0.903. The summed E-state index contributed by atoms with van der Waals surface area (Å²) < 4.78 is 5.34. The van der Waals surface area contributed by atoms with Gasteiger partial charge in [0.2, 0.25) is 11.2 Å². The maximum absolute atomic E-state index is 6.14. The Balaban J connectivity index is 2.21. The van der Waals surface area contributed by atoms with E-state index in [9.17, 15) is 0 Å². The van der Waals surface area contributed by atoms with E-state index < -0.39 is 0 Å². The monoisotopic (exact) mass is 312 g/mol. The summed E-state index contributed by atoms with van der Waals surface area (Å²) in [6.07, 6.45) is 0.857. The zero-order valence-corrected chi connectivity index (χ0v) is 12.7. The number of aromatic nitrogens is 3. The number of hydrogen-bond acceptors (Lipinski definition) is 5. The average Bonchev–Trinajstić information content (AvgIpc) is 2.39. The molecule has 1 aromatic carbocycles. The second-order valence-electron chi connectivity index (χ2n) is 4.17. The second-order valence-corrected chi connectivity index (χ2v) is 4.91. The lowest BCUT2D eigenvalue weighted by Crippen LogP contribution is -2.05. The highest BCUT2D eigenvalue weighted by Gasteiger charge is 2.08. The van der Waals surface area contributed by atoms with Gasteiger partial charge < -0.3 is 10.1 Å². The van der Waals surface area contributed by atoms with Gasteiger partial charge in [-0.3, -0.25) is 0 Å². The van der Waals surface area contributed by atoms with Gasteiger partial charge in [-0.2, -0.15) is 15.0 Å². The Morgan fingerprint density at radius 1 is 1.20 bits per heavy atom. The molecule has 0 amide bonds. The maximum atomic E-state index is 6.14. The van der Waals surface area contributed by atoms with Crippen LogP contribution in [0.25, 0.3) is 0 Å². The summed E-state index contributed by atoms with van der Waals surface area (Å²) >= 11 is 12.0. The van der Waals surface area contributed by atoms with E-state index in [1.807, 2.05) is 32.0 Å². The van der Waals surface area contributed by atoms with Gasteiger partial charge in [0, 0.05) is 0 Å². The molecule has 0 unspecified atom stereocenters. The van der Waals surface area contributed by atoms with E-state index in [0.29, 0.717) is 23.3 Å². The van der Waals surface area contributed by atoms with Crippen LogP contribution in [0.2, 0.25) is 10.3 Å². The molecule has 0 atom stereocenters. The molecule has 20 heavy (non-hydrogen) atoms. The smallest absolute Gasteiger partial charge is 0.322 e. The van der Waals surface area contributed by atoms with Crippen LogP contribution in [0.4, 0.5) is 11.6 Å². The third-order valence-electron chi connectivity index (χ3n) is 2.39. The normalized spacial score (nSPS) is 10.4. The predicted octanol–water partition coefficient (Wildman–Crippen LogP) is 4.02. The zero-order chi connectivity index (χ0) is 14.5. The molecule has 0 saturated heterocycles. The summed E-state index contributed by atoms with van der Waals surface area (Å²) in [7, 11) is 0. The third-order valence-corrected chi connectivity index (χ3v) is 2.88. The highest BCUT2D eigenvalue weighted by Crippen LogP contribution is 2.25. The predicted molar refractivity (Wildman–Crippen MR) is 80.1 cm³/mol. The summed E-state index contributed by atoms with van der Waals surface area (Å²) in [5.41, 5.74) is 1.77. The lowest BCUT2D eigenvalue weighted by atomic mass is 10.2. The fraction of sp³-hybridized carbons (Fsp3) is 0.308. The van der Waals surface area contributed by atoms with Gasteiger partial charge in [0.15, 0.2) is 0 Å². The van der Waals surface area contributed by atoms with Gasteiger partial charge >= 0.3 is 6.01 Å². The van der Waals surface area contributed by atoms with Gasteiger partial charge in [-0.1, -0.05) is 24.6 Å². The molecule has 2 aromatic rings. The standard InChI is InChI=1S/C13H14Cl2N4O/c1-3-6-20-13-18-11(15)17-12(19-13)16-10-5-4-8(2)7-9(10)14/h4-5,7H,3,6H2,1-2H3,(H,16,17,18,19). The minimum absolute atomic E-state index is 0.0665. The lowest BCUT2D eigenvalue weighted by Gasteiger charge is -2.09. The summed E-state index contributed by atoms with van der Waals surface area (Å²) in [4.78, 5) is 12.0. The number of ether oxygens (including phenoxy) is 1. The molecule has 0 aliphatic heterocycles. The summed E-state index contributed by atoms with van der Waals surface area (Å²) in [5, 5.41) is 3.65. The van der Waals surface area contributed by atoms with Gasteiger partial charge in [-0.05, 0) is 42.6 Å². The molecule has 1 heterocycles. The van der Waals surface area contributed by atoms with Crippen LogP contribution in [-0.2, 0) is 0 Å². The Morgan fingerprint density at radius 3 is 2.70 bits per heavy atom. The third kappa shape index (κ3) is 3.95. The maximum Gasteiger partial charge on any atom is 0.322 e. The molecule has 0 aliphatic carbocycles. The van der Waals surface area contributed by atoms with Crippen LogP contribution in [-0.4, -0.2) is 21.6 Å². The lowest BCUT2D eigenvalue weighted by molar-refractivity contribution is 0.292. The van der Waals surface area contributed by atoms with Crippen molar-refractivity contribution in [2.45, 2.75) is 20.3 Å². The topological polar surface area (TPSA) is 59.9 Å². The van der Waals surface area contributed by atoms with Crippen molar-refractivity contribution in [3.05, 3.63) is 34.1 Å². The van der Waals surface area contributed by atoms with Gasteiger partial charge in [0.1, 0.15) is 0 Å². The Hall–Kier alpha value is -1.59. The van der Waals surface area contributed by atoms with Crippen molar-refractivity contribution >= 4 is 34.8 Å². The van der Waals surface area contributed by atoms with Crippen molar-refractivity contribution in [3.8, 4) is 6.01 Å². The van der Waals surface area contributed by atoms with Crippen LogP contribution in [0, 0.1) is 6.92 Å². The first kappa shape index (κ1) is 14.8. The number of nitrogens with zero attached hydrogens (tertiary/aromatic N) is 3. The molecule has 0 fully saturated rings. The molecule has 0 spiro atoms. The van der Waals surface area contributed by atoms with Crippen molar-refractivity contribution < 1.29 is 4.74 Å². The van der Waals surface area contributed by atoms with Gasteiger partial charge in [-0.15, -0.1) is 0 Å². The number of halogens is 2. The Labute approximate surface area is 127 Å². The molecular formula is C13H14Cl2N4O. The van der Waals surface area contributed by atoms with Gasteiger partial charge in [0.05, 0.1) is 17.3 Å². The van der Waals surface area contributed by atoms with Crippen LogP contribution in [0.1, 0.15) is 18.9 Å². The van der Waals surface area contributed by atoms with Crippen LogP contribution in [0.3, 0.4) is 0 Å². The number of rotatable bonds is 5. The SMILES string of the molecule is CCCOc1nc(Cl)nc(Nc2ccc(C)cc2Cl)n1. The molecule has 5 nitrogen and oxygen atoms in total. The minimum atomic E-state index is 0.0665. The highest BCUT2D eigenvalue weighted by atomic mass is 35.5. The molecule has 0 radical (unpaired) electrons. The number of aryl methyl sites for hydroxylation is 1. The summed E-state index contributed by atoms with van der Waals surface area (Å²) in [6.45, 7) is 4.48. The van der Waals surface area contributed by atoms with E-state index in [1.165, 1.54) is 0 Å². The van der Waals surface area contributed by atoms with Crippen molar-refractivity contribution in [2.24, 2.45) is 0 Å². The van der Waals surface area contributed by atoms with Crippen LogP contribution in [0.5, 0.6) is 6.01 Å². The zero-order valence-electron chi connectivity index (χ0n) is 11.2. The summed E-state index contributed by atoms with van der Waals surface area (Å²) in [6, 6.07) is 5.83. The fourth-order valence-electron chi connectivity index (χ4n) is 1.49. The van der Waals surface area contributed by atoms with Crippen LogP contribution < -0.4 is 10.1 Å². The van der Waals surface area contributed by atoms with E-state index in [1.54, 1.807) is 0 Å². The van der Waals surface area contributed by atoms with Gasteiger partial charge in [0.25, 0.3) is 0 Å². The fourth-order valence-corrected chi connectivity index (χ4v) is 1.92. The molecule has 7 heteroatoms. The molecule has 1 aromatic heterocycles. The number of nitrogens with one attached hydrogen (secondary N) is 1. The van der Waals surface area contributed by atoms with E-state index in [4.69, 9.17) is 27.9 Å². The highest BCUT2D eigenvalue weighted by molar-refractivity contribution is 6.33. The number of hydrogen-bond donors (Lipinski definition) is 1. The largest absolute Gasteiger partial charge is 0.463 e. The molecule has 0 saturated carbocycles. The van der Waals surface area contributed by atoms with Crippen molar-refractivity contribution in [1.82, 2.24) is 15.0 Å². The van der Waals surface area contributed by atoms with E-state index in [2.05, 4.69) is 20.3 Å². The Morgan fingerprint density at radius 2 is 2.00 bits per heavy atom. The van der Waals surface area contributed by atoms with E-state index in [-0.39, 0.29) is 11.3 Å². The van der Waals surface area contributed by atoms with Gasteiger partial charge in [-0.25, -0.2) is 0 Å². The van der Waals surface area contributed by atoms with Crippen molar-refractivity contribution in [3.63, 3.8) is 0 Å². The van der Waals surface area contributed by atoms with Crippen LogP contribution in [0.15, 0.2) is 18.2 Å². The van der Waals surface area contributed by atoms with Crippen LogP contribution >= 0.6 is 23.2 Å². The number of anilines is 2. The van der Waals surface area contributed by atoms with E-state index in [0.717, 1.165) is 12.0 Å². The molecule has 0 aliphatic rings. The minimum Gasteiger partial charge on any atom is -0.463 e. The average molecular weight is 313 g/mol. The Bertz CT molecular complexity index is 607. The molecule has 2 rings (SSSR count). The molecular weight excluding hydrogens is 299 g/mol. The first-order valence-corrected chi connectivity index (χ1v) is 6.91. The summed E-state index contributed by atoms with van der Waals surface area (Å²) in [5.74, 6) is 0.293. The van der Waals surface area contributed by atoms with Crippen molar-refractivity contribution in [1.29, 1.82) is 0 Å². The molecule has 106 valence electrons. The number of benzene rings is 1. The Kier molecular flexibility index (Phi) is 4.98. The first-order valence-electron chi connectivity index (χ1n) is 6.16. The second kappa shape index (κ2) is 6.72. The molecule has 0 bridgehead atoms. The van der Waals surface area contributed by atoms with Crippen molar-refractivity contribution in [2.75, 3.05) is 11.9 Å².